The van der Waals surface area contributed by atoms with Gasteiger partial charge in [-0.3, -0.25) is 4.79 Å². The number of amides is 1. The fraction of sp³-hybridized carbons (Fsp3) is 0.318. The standard InChI is InChI=1S/C22H28N4O3/c1-26(2)20(27)16-25-22(23-14-13-17-7-5-4-6-8-17)24-15-18-9-11-19(12-10-18)21(28)29-3/h4-12H,13-16H2,1-3H3,(H2,23,24,25). The van der Waals surface area contributed by atoms with Crippen LogP contribution in [0.1, 0.15) is 21.5 Å². The van der Waals surface area contributed by atoms with Gasteiger partial charge >= 0.3 is 5.97 Å². The molecule has 29 heavy (non-hydrogen) atoms. The maximum Gasteiger partial charge on any atom is 0.337 e. The van der Waals surface area contributed by atoms with Crippen LogP contribution in [0.2, 0.25) is 0 Å². The van der Waals surface area contributed by atoms with Gasteiger partial charge in [0.15, 0.2) is 5.96 Å². The van der Waals surface area contributed by atoms with Gasteiger partial charge in [0.2, 0.25) is 5.91 Å². The molecule has 0 fully saturated rings. The number of aliphatic imine (C=N–C) groups is 1. The fourth-order valence-electron chi connectivity index (χ4n) is 2.50. The molecule has 0 aliphatic heterocycles. The second kappa shape index (κ2) is 11.5. The van der Waals surface area contributed by atoms with Crippen LogP contribution in [0.25, 0.3) is 0 Å². The number of rotatable bonds is 8. The second-order valence-electron chi connectivity index (χ2n) is 6.66. The van der Waals surface area contributed by atoms with E-state index in [1.807, 2.05) is 30.3 Å². The van der Waals surface area contributed by atoms with Gasteiger partial charge in [0.25, 0.3) is 0 Å². The molecule has 0 aliphatic carbocycles. The molecular formula is C22H28N4O3. The maximum atomic E-state index is 11.9. The summed E-state index contributed by atoms with van der Waals surface area (Å²) in [6, 6.07) is 17.3. The van der Waals surface area contributed by atoms with Gasteiger partial charge in [-0.05, 0) is 29.7 Å². The Kier molecular flexibility index (Phi) is 8.69. The van der Waals surface area contributed by atoms with Crippen LogP contribution in [-0.2, 0) is 22.5 Å². The van der Waals surface area contributed by atoms with Crippen LogP contribution in [0.15, 0.2) is 59.6 Å². The summed E-state index contributed by atoms with van der Waals surface area (Å²) in [7, 11) is 4.79. The molecule has 0 aliphatic rings. The highest BCUT2D eigenvalue weighted by molar-refractivity contribution is 5.89. The molecule has 7 heteroatoms. The van der Waals surface area contributed by atoms with E-state index in [1.54, 1.807) is 26.2 Å². The summed E-state index contributed by atoms with van der Waals surface area (Å²) in [5, 5.41) is 6.34. The average Bonchev–Trinajstić information content (AvgIpc) is 2.75. The Balaban J connectivity index is 1.98. The van der Waals surface area contributed by atoms with Crippen molar-refractivity contribution in [1.82, 2.24) is 15.5 Å². The van der Waals surface area contributed by atoms with Crippen molar-refractivity contribution < 1.29 is 14.3 Å². The van der Waals surface area contributed by atoms with Crippen molar-refractivity contribution in [2.45, 2.75) is 13.0 Å². The predicted octanol–water partition coefficient (Wildman–Crippen LogP) is 1.84. The van der Waals surface area contributed by atoms with E-state index in [0.29, 0.717) is 24.6 Å². The zero-order valence-corrected chi connectivity index (χ0v) is 17.1. The molecule has 2 aromatic carbocycles. The van der Waals surface area contributed by atoms with Gasteiger partial charge in [-0.15, -0.1) is 0 Å². The number of esters is 1. The van der Waals surface area contributed by atoms with Crippen molar-refractivity contribution in [2.75, 3.05) is 34.3 Å². The Morgan fingerprint density at radius 3 is 2.28 bits per heavy atom. The van der Waals surface area contributed by atoms with E-state index in [9.17, 15) is 9.59 Å². The minimum absolute atomic E-state index is 0.0370. The van der Waals surface area contributed by atoms with Crippen molar-refractivity contribution >= 4 is 17.8 Å². The number of likely N-dealkylation sites (N-methyl/N-ethyl adjacent to an activating group) is 1. The van der Waals surface area contributed by atoms with Gasteiger partial charge in [0, 0.05) is 20.6 Å². The molecule has 0 unspecified atom stereocenters. The average molecular weight is 396 g/mol. The SMILES string of the molecule is COC(=O)c1ccc(CN=C(NCCc2ccccc2)NCC(=O)N(C)C)cc1. The summed E-state index contributed by atoms with van der Waals surface area (Å²) >= 11 is 0. The number of nitrogens with one attached hydrogen (secondary N) is 2. The van der Waals surface area contributed by atoms with E-state index in [4.69, 9.17) is 4.74 Å². The Hall–Kier alpha value is -3.35. The number of ether oxygens (including phenoxy) is 1. The van der Waals surface area contributed by atoms with Gasteiger partial charge < -0.3 is 20.3 Å². The maximum absolute atomic E-state index is 11.9. The third-order valence-electron chi connectivity index (χ3n) is 4.25. The molecule has 1 amide bonds. The van der Waals surface area contributed by atoms with Crippen molar-refractivity contribution in [2.24, 2.45) is 4.99 Å². The topological polar surface area (TPSA) is 83.0 Å². The van der Waals surface area contributed by atoms with Crippen molar-refractivity contribution in [3.63, 3.8) is 0 Å². The minimum Gasteiger partial charge on any atom is -0.465 e. The molecule has 0 saturated heterocycles. The minimum atomic E-state index is -0.368. The molecule has 0 heterocycles. The lowest BCUT2D eigenvalue weighted by Gasteiger charge is -2.15. The zero-order valence-electron chi connectivity index (χ0n) is 17.1. The monoisotopic (exact) mass is 396 g/mol. The van der Waals surface area contributed by atoms with Crippen molar-refractivity contribution in [3.05, 3.63) is 71.3 Å². The summed E-state index contributed by atoms with van der Waals surface area (Å²) in [5.74, 6) is 0.158. The Bertz CT molecular complexity index is 818. The smallest absolute Gasteiger partial charge is 0.337 e. The van der Waals surface area contributed by atoms with Gasteiger partial charge in [-0.2, -0.15) is 0 Å². The first kappa shape index (κ1) is 21.9. The van der Waals surface area contributed by atoms with E-state index < -0.39 is 0 Å². The summed E-state index contributed by atoms with van der Waals surface area (Å²) < 4.78 is 4.71. The van der Waals surface area contributed by atoms with Crippen LogP contribution in [0, 0.1) is 0 Å². The molecule has 0 radical (unpaired) electrons. The first-order valence-corrected chi connectivity index (χ1v) is 9.43. The molecule has 154 valence electrons. The highest BCUT2D eigenvalue weighted by Gasteiger charge is 2.07. The molecule has 0 aromatic heterocycles. The quantitative estimate of drug-likeness (QED) is 0.404. The van der Waals surface area contributed by atoms with E-state index in [2.05, 4.69) is 27.8 Å². The number of hydrogen-bond acceptors (Lipinski definition) is 4. The molecule has 0 bridgehead atoms. The number of nitrogens with zero attached hydrogens (tertiary/aromatic N) is 2. The Morgan fingerprint density at radius 1 is 0.966 bits per heavy atom. The highest BCUT2D eigenvalue weighted by atomic mass is 16.5. The van der Waals surface area contributed by atoms with Crippen molar-refractivity contribution in [1.29, 1.82) is 0 Å². The molecule has 2 N–H and O–H groups in total. The Morgan fingerprint density at radius 2 is 1.66 bits per heavy atom. The number of benzene rings is 2. The fourth-order valence-corrected chi connectivity index (χ4v) is 2.50. The summed E-state index contributed by atoms with van der Waals surface area (Å²) in [6.45, 7) is 1.26. The van der Waals surface area contributed by atoms with Crippen LogP contribution < -0.4 is 10.6 Å². The number of methoxy groups -OCH3 is 1. The highest BCUT2D eigenvalue weighted by Crippen LogP contribution is 2.07. The lowest BCUT2D eigenvalue weighted by atomic mass is 10.1. The second-order valence-corrected chi connectivity index (χ2v) is 6.66. The number of carbonyl (C=O) groups is 2. The molecule has 0 atom stereocenters. The summed E-state index contributed by atoms with van der Waals surface area (Å²) in [5.41, 5.74) is 2.67. The number of guanidine groups is 1. The van der Waals surface area contributed by atoms with Crippen LogP contribution in [-0.4, -0.2) is 57.0 Å². The number of carbonyl (C=O) groups excluding carboxylic acids is 2. The summed E-state index contributed by atoms with van der Waals surface area (Å²) in [4.78, 5) is 29.5. The molecule has 0 spiro atoms. The lowest BCUT2D eigenvalue weighted by Crippen LogP contribution is -2.43. The lowest BCUT2D eigenvalue weighted by molar-refractivity contribution is -0.127. The third kappa shape index (κ3) is 7.65. The van der Waals surface area contributed by atoms with E-state index in [1.165, 1.54) is 17.6 Å². The van der Waals surface area contributed by atoms with Gasteiger partial charge in [0.1, 0.15) is 0 Å². The first-order valence-electron chi connectivity index (χ1n) is 9.43. The van der Waals surface area contributed by atoms with Crippen molar-refractivity contribution in [3.8, 4) is 0 Å². The normalized spacial score (nSPS) is 10.9. The van der Waals surface area contributed by atoms with Crippen LogP contribution >= 0.6 is 0 Å². The van der Waals surface area contributed by atoms with Crippen LogP contribution in [0.4, 0.5) is 0 Å². The molecular weight excluding hydrogens is 368 g/mol. The van der Waals surface area contributed by atoms with E-state index in [-0.39, 0.29) is 18.4 Å². The summed E-state index contributed by atoms with van der Waals surface area (Å²) in [6.07, 6.45) is 0.844. The van der Waals surface area contributed by atoms with E-state index in [0.717, 1.165) is 12.0 Å². The number of hydrogen-bond donors (Lipinski definition) is 2. The molecule has 2 aromatic rings. The zero-order chi connectivity index (χ0) is 21.1. The van der Waals surface area contributed by atoms with Gasteiger partial charge in [0.05, 0.1) is 25.8 Å². The first-order chi connectivity index (χ1) is 14.0. The Labute approximate surface area is 171 Å². The predicted molar refractivity (Wildman–Crippen MR) is 114 cm³/mol. The van der Waals surface area contributed by atoms with Gasteiger partial charge in [-0.1, -0.05) is 42.5 Å². The third-order valence-corrected chi connectivity index (χ3v) is 4.25. The van der Waals surface area contributed by atoms with Crippen LogP contribution in [0.5, 0.6) is 0 Å². The molecule has 0 saturated carbocycles. The van der Waals surface area contributed by atoms with Gasteiger partial charge in [-0.25, -0.2) is 9.79 Å². The van der Waals surface area contributed by atoms with Crippen LogP contribution in [0.3, 0.4) is 0 Å². The molecule has 2 rings (SSSR count). The van der Waals surface area contributed by atoms with E-state index >= 15 is 0 Å². The molecule has 7 nitrogen and oxygen atoms in total. The largest absolute Gasteiger partial charge is 0.465 e.